The lowest BCUT2D eigenvalue weighted by atomic mass is 10.1. The van der Waals surface area contributed by atoms with Crippen molar-refractivity contribution in [3.8, 4) is 5.75 Å². The molecular weight excluding hydrogens is 344 g/mol. The minimum Gasteiger partial charge on any atom is -0.506 e. The fraction of sp³-hybridized carbons (Fsp3) is 0.588. The first-order valence-electron chi connectivity index (χ1n) is 8.46. The monoisotopic (exact) mass is 370 g/mol. The van der Waals surface area contributed by atoms with Gasteiger partial charge >= 0.3 is 0 Å². The van der Waals surface area contributed by atoms with E-state index in [0.717, 1.165) is 6.42 Å². The van der Waals surface area contributed by atoms with Gasteiger partial charge in [0.05, 0.1) is 17.1 Å². The average Bonchev–Trinajstić information content (AvgIpc) is 2.88. The van der Waals surface area contributed by atoms with Gasteiger partial charge in [0.25, 0.3) is 5.91 Å². The quantitative estimate of drug-likeness (QED) is 0.718. The molecule has 2 N–H and O–H groups in total. The molecule has 1 amide bonds. The van der Waals surface area contributed by atoms with E-state index in [4.69, 9.17) is 4.74 Å². The second-order valence-electron chi connectivity index (χ2n) is 6.63. The molecule has 7 nitrogen and oxygen atoms in total. The van der Waals surface area contributed by atoms with Crippen LogP contribution in [0, 0.1) is 5.92 Å². The summed E-state index contributed by atoms with van der Waals surface area (Å²) in [6.45, 7) is 6.66. The van der Waals surface area contributed by atoms with E-state index in [1.807, 2.05) is 0 Å². The Labute approximate surface area is 149 Å². The topological polar surface area (TPSA) is 95.9 Å². The molecule has 0 aromatic heterocycles. The highest BCUT2D eigenvalue weighted by molar-refractivity contribution is 7.93. The first kappa shape index (κ1) is 19.5. The Morgan fingerprint density at radius 1 is 1.36 bits per heavy atom. The largest absolute Gasteiger partial charge is 0.506 e. The van der Waals surface area contributed by atoms with Gasteiger partial charge in [-0.05, 0) is 43.9 Å². The average molecular weight is 370 g/mol. The number of amides is 1. The molecule has 25 heavy (non-hydrogen) atoms. The van der Waals surface area contributed by atoms with Crippen molar-refractivity contribution >= 4 is 27.3 Å². The molecule has 2 rings (SSSR count). The highest BCUT2D eigenvalue weighted by atomic mass is 32.2. The minimum absolute atomic E-state index is 0.107. The van der Waals surface area contributed by atoms with Crippen molar-refractivity contribution < 1.29 is 23.1 Å². The van der Waals surface area contributed by atoms with E-state index in [-0.39, 0.29) is 23.1 Å². The van der Waals surface area contributed by atoms with E-state index in [1.165, 1.54) is 22.5 Å². The zero-order valence-electron chi connectivity index (χ0n) is 14.9. The third-order valence-corrected chi connectivity index (χ3v) is 5.93. The van der Waals surface area contributed by atoms with E-state index >= 15 is 0 Å². The van der Waals surface area contributed by atoms with Crippen LogP contribution in [0.1, 0.15) is 33.6 Å². The summed E-state index contributed by atoms with van der Waals surface area (Å²) < 4.78 is 30.8. The predicted octanol–water partition coefficient (Wildman–Crippen LogP) is 2.32. The number of anilines is 2. The molecule has 1 fully saturated rings. The van der Waals surface area contributed by atoms with E-state index in [1.54, 1.807) is 6.92 Å². The molecule has 8 heteroatoms. The summed E-state index contributed by atoms with van der Waals surface area (Å²) in [6, 6.07) is 4.37. The number of benzene rings is 1. The number of carbonyl (C=O) groups is 1. The summed E-state index contributed by atoms with van der Waals surface area (Å²) in [5, 5.41) is 12.6. The standard InChI is InChI=1S/C17H26N2O5S/c1-12(2)7-9-24-13(3)17(21)18-15-11-14(5-6-16(15)20)19-8-4-10-25(19,22)23/h5-6,11-13,20H,4,7-10H2,1-3H3,(H,18,21)/t13-/m1/s1. The number of ether oxygens (including phenoxy) is 1. The second kappa shape index (κ2) is 8.05. The Kier molecular flexibility index (Phi) is 6.29. The van der Waals surface area contributed by atoms with E-state index in [0.29, 0.717) is 31.2 Å². The smallest absolute Gasteiger partial charge is 0.253 e. The highest BCUT2D eigenvalue weighted by Gasteiger charge is 2.29. The Hall–Kier alpha value is -1.80. The third kappa shape index (κ3) is 5.09. The van der Waals surface area contributed by atoms with Crippen LogP contribution in [-0.2, 0) is 19.6 Å². The van der Waals surface area contributed by atoms with Crippen molar-refractivity contribution in [1.29, 1.82) is 0 Å². The van der Waals surface area contributed by atoms with Crippen molar-refractivity contribution in [2.24, 2.45) is 5.92 Å². The number of phenolic OH excluding ortho intramolecular Hbond substituents is 1. The van der Waals surface area contributed by atoms with Crippen LogP contribution in [0.3, 0.4) is 0 Å². The summed E-state index contributed by atoms with van der Waals surface area (Å²) in [5.41, 5.74) is 0.600. The zero-order chi connectivity index (χ0) is 18.6. The van der Waals surface area contributed by atoms with Gasteiger partial charge in [0.15, 0.2) is 0 Å². The Morgan fingerprint density at radius 2 is 2.08 bits per heavy atom. The molecule has 0 aliphatic carbocycles. The summed E-state index contributed by atoms with van der Waals surface area (Å²) in [6.07, 6.45) is 0.744. The van der Waals surface area contributed by atoms with Gasteiger partial charge in [0.1, 0.15) is 11.9 Å². The molecule has 1 atom stereocenters. The van der Waals surface area contributed by atoms with Crippen molar-refractivity contribution in [3.63, 3.8) is 0 Å². The van der Waals surface area contributed by atoms with Crippen LogP contribution in [0.25, 0.3) is 0 Å². The number of sulfonamides is 1. The fourth-order valence-corrected chi connectivity index (χ4v) is 4.06. The Bertz CT molecular complexity index is 718. The van der Waals surface area contributed by atoms with Crippen LogP contribution >= 0.6 is 0 Å². The maximum atomic E-state index is 12.2. The van der Waals surface area contributed by atoms with E-state index in [2.05, 4.69) is 19.2 Å². The van der Waals surface area contributed by atoms with Crippen LogP contribution in [0.2, 0.25) is 0 Å². The SMILES string of the molecule is CC(C)CCO[C@H](C)C(=O)Nc1cc(N2CCCS2(=O)=O)ccc1O. The number of carbonyl (C=O) groups excluding carboxylic acids is 1. The number of hydrogen-bond donors (Lipinski definition) is 2. The van der Waals surface area contributed by atoms with Crippen molar-refractivity contribution in [1.82, 2.24) is 0 Å². The predicted molar refractivity (Wildman–Crippen MR) is 97.4 cm³/mol. The molecule has 0 saturated carbocycles. The summed E-state index contributed by atoms with van der Waals surface area (Å²) in [7, 11) is -3.32. The third-order valence-electron chi connectivity index (χ3n) is 4.06. The second-order valence-corrected chi connectivity index (χ2v) is 8.64. The van der Waals surface area contributed by atoms with Crippen molar-refractivity contribution in [2.45, 2.75) is 39.7 Å². The van der Waals surface area contributed by atoms with Gasteiger partial charge in [0.2, 0.25) is 10.0 Å². The highest BCUT2D eigenvalue weighted by Crippen LogP contribution is 2.32. The molecular formula is C17H26N2O5S. The van der Waals surface area contributed by atoms with Crippen molar-refractivity contribution in [2.75, 3.05) is 28.5 Å². The maximum absolute atomic E-state index is 12.2. The maximum Gasteiger partial charge on any atom is 0.253 e. The number of phenols is 1. The molecule has 140 valence electrons. The van der Waals surface area contributed by atoms with Gasteiger partial charge in [-0.1, -0.05) is 13.8 Å². The molecule has 1 saturated heterocycles. The van der Waals surface area contributed by atoms with E-state index < -0.39 is 16.1 Å². The number of rotatable bonds is 7. The molecule has 0 spiro atoms. The summed E-state index contributed by atoms with van der Waals surface area (Å²) in [5.74, 6) is 0.0815. The molecule has 1 heterocycles. The fourth-order valence-electron chi connectivity index (χ4n) is 2.50. The Morgan fingerprint density at radius 3 is 2.68 bits per heavy atom. The minimum atomic E-state index is -3.32. The number of hydrogen-bond acceptors (Lipinski definition) is 5. The van der Waals surface area contributed by atoms with Crippen LogP contribution in [-0.4, -0.2) is 44.4 Å². The number of nitrogens with one attached hydrogen (secondary N) is 1. The number of nitrogens with zero attached hydrogens (tertiary/aromatic N) is 1. The first-order valence-corrected chi connectivity index (χ1v) is 10.1. The van der Waals surface area contributed by atoms with Gasteiger partial charge in [-0.25, -0.2) is 8.42 Å². The molecule has 1 aromatic rings. The van der Waals surface area contributed by atoms with Crippen molar-refractivity contribution in [3.05, 3.63) is 18.2 Å². The van der Waals surface area contributed by atoms with Gasteiger partial charge in [0, 0.05) is 13.2 Å². The lowest BCUT2D eigenvalue weighted by Crippen LogP contribution is -2.29. The van der Waals surface area contributed by atoms with Crippen LogP contribution in [0.4, 0.5) is 11.4 Å². The molecule has 0 radical (unpaired) electrons. The van der Waals surface area contributed by atoms with Gasteiger partial charge in [-0.15, -0.1) is 0 Å². The summed E-state index contributed by atoms with van der Waals surface area (Å²) in [4.78, 5) is 12.2. The lowest BCUT2D eigenvalue weighted by Gasteiger charge is -2.19. The van der Waals surface area contributed by atoms with Gasteiger partial charge in [-0.3, -0.25) is 9.10 Å². The Balaban J connectivity index is 2.06. The molecule has 0 bridgehead atoms. The molecule has 1 aliphatic heterocycles. The summed E-state index contributed by atoms with van der Waals surface area (Å²) >= 11 is 0. The molecule has 1 aliphatic rings. The molecule has 1 aromatic carbocycles. The van der Waals surface area contributed by atoms with Crippen LogP contribution < -0.4 is 9.62 Å². The van der Waals surface area contributed by atoms with Crippen LogP contribution in [0.15, 0.2) is 18.2 Å². The zero-order valence-corrected chi connectivity index (χ0v) is 15.7. The number of aromatic hydroxyl groups is 1. The lowest BCUT2D eigenvalue weighted by molar-refractivity contribution is -0.126. The van der Waals surface area contributed by atoms with Crippen LogP contribution in [0.5, 0.6) is 5.75 Å². The van der Waals surface area contributed by atoms with Gasteiger partial charge in [-0.2, -0.15) is 0 Å². The van der Waals surface area contributed by atoms with E-state index in [9.17, 15) is 18.3 Å². The first-order chi connectivity index (χ1) is 11.7. The normalized spacial score (nSPS) is 17.7. The van der Waals surface area contributed by atoms with Gasteiger partial charge < -0.3 is 15.2 Å². The molecule has 0 unspecified atom stereocenters.